The molecule has 0 aliphatic rings. The van der Waals surface area contributed by atoms with Crippen LogP contribution in [0, 0.1) is 0 Å². The molecule has 0 radical (unpaired) electrons. The molecule has 1 rings (SSSR count). The molecule has 0 aliphatic heterocycles. The van der Waals surface area contributed by atoms with Crippen LogP contribution in [0.1, 0.15) is 24.2 Å². The molecule has 0 amide bonds. The Labute approximate surface area is 93.7 Å². The molecule has 6 heteroatoms. The predicted octanol–water partition coefficient (Wildman–Crippen LogP) is 1.01. The molecule has 0 bridgehead atoms. The highest BCUT2D eigenvalue weighted by Crippen LogP contribution is 2.13. The summed E-state index contributed by atoms with van der Waals surface area (Å²) in [4.78, 5) is 4.21. The van der Waals surface area contributed by atoms with Crippen LogP contribution in [0.5, 0.6) is 0 Å². The van der Waals surface area contributed by atoms with Crippen molar-refractivity contribution in [1.82, 2.24) is 10.1 Å². The topological polar surface area (TPSA) is 74.2 Å². The van der Waals surface area contributed by atoms with E-state index >= 15 is 0 Å². The third-order valence-electron chi connectivity index (χ3n) is 1.96. The number of rotatable bonds is 7. The lowest BCUT2D eigenvalue weighted by Gasteiger charge is -2.03. The van der Waals surface area contributed by atoms with Crippen molar-refractivity contribution in [1.29, 1.82) is 0 Å². The van der Waals surface area contributed by atoms with Crippen molar-refractivity contribution in [3.8, 4) is 0 Å². The average Bonchev–Trinajstić information content (AvgIpc) is 2.71. The van der Waals surface area contributed by atoms with Gasteiger partial charge in [0.1, 0.15) is 0 Å². The number of ether oxygens (including phenoxy) is 1. The minimum atomic E-state index is -0.152. The van der Waals surface area contributed by atoms with Crippen LogP contribution < -0.4 is 5.73 Å². The van der Waals surface area contributed by atoms with Crippen molar-refractivity contribution in [3.05, 3.63) is 11.7 Å². The molecule has 15 heavy (non-hydrogen) atoms. The Hall–Kier alpha value is -0.590. The van der Waals surface area contributed by atoms with Crippen molar-refractivity contribution >= 4 is 11.8 Å². The molecule has 0 saturated heterocycles. The molecule has 0 aromatic carbocycles. The Kier molecular flexibility index (Phi) is 5.67. The molecular formula is C9H17N3O2S. The summed E-state index contributed by atoms with van der Waals surface area (Å²) in [6, 6.07) is -0.152. The average molecular weight is 231 g/mol. The Balaban J connectivity index is 2.43. The maximum absolute atomic E-state index is 5.88. The second-order valence-corrected chi connectivity index (χ2v) is 4.17. The van der Waals surface area contributed by atoms with Gasteiger partial charge in [-0.2, -0.15) is 16.7 Å². The second kappa shape index (κ2) is 6.81. The Morgan fingerprint density at radius 1 is 1.60 bits per heavy atom. The smallest absolute Gasteiger partial charge is 0.243 e. The Morgan fingerprint density at radius 3 is 3.07 bits per heavy atom. The maximum Gasteiger partial charge on any atom is 0.243 e. The van der Waals surface area contributed by atoms with Crippen LogP contribution in [0.25, 0.3) is 0 Å². The van der Waals surface area contributed by atoms with Crippen LogP contribution in [0.3, 0.4) is 0 Å². The van der Waals surface area contributed by atoms with Crippen LogP contribution in [-0.4, -0.2) is 35.9 Å². The van der Waals surface area contributed by atoms with Gasteiger partial charge in [0.2, 0.25) is 5.89 Å². The lowest BCUT2D eigenvalue weighted by molar-refractivity contribution is 0.199. The largest absolute Gasteiger partial charge is 0.384 e. The highest BCUT2D eigenvalue weighted by atomic mass is 32.2. The molecule has 1 heterocycles. The van der Waals surface area contributed by atoms with Gasteiger partial charge in [-0.3, -0.25) is 0 Å². The minimum Gasteiger partial charge on any atom is -0.384 e. The van der Waals surface area contributed by atoms with Crippen molar-refractivity contribution in [2.24, 2.45) is 5.73 Å². The fraction of sp³-hybridized carbons (Fsp3) is 0.778. The van der Waals surface area contributed by atoms with Crippen LogP contribution in [0.2, 0.25) is 0 Å². The zero-order valence-corrected chi connectivity index (χ0v) is 9.92. The predicted molar refractivity (Wildman–Crippen MR) is 59.8 cm³/mol. The molecule has 2 N–H and O–H groups in total. The van der Waals surface area contributed by atoms with E-state index in [1.165, 1.54) is 0 Å². The van der Waals surface area contributed by atoms with Gasteiger partial charge in [0.05, 0.1) is 12.6 Å². The van der Waals surface area contributed by atoms with Gasteiger partial charge in [0.25, 0.3) is 0 Å². The lowest BCUT2D eigenvalue weighted by Crippen LogP contribution is -2.11. The van der Waals surface area contributed by atoms with Crippen LogP contribution in [0.15, 0.2) is 4.52 Å². The minimum absolute atomic E-state index is 0.152. The molecular weight excluding hydrogens is 214 g/mol. The van der Waals surface area contributed by atoms with E-state index in [0.717, 1.165) is 12.2 Å². The molecule has 0 spiro atoms. The normalized spacial score (nSPS) is 13.0. The highest BCUT2D eigenvalue weighted by molar-refractivity contribution is 7.98. The molecule has 0 fully saturated rings. The standard InChI is InChI=1S/C9H17N3O2S/c1-13-5-3-8-11-9(14-12-8)7(10)4-6-15-2/h7H,3-6,10H2,1-2H3/t7-/m1/s1. The van der Waals surface area contributed by atoms with E-state index < -0.39 is 0 Å². The summed E-state index contributed by atoms with van der Waals surface area (Å²) in [5.74, 6) is 2.18. The number of hydrogen-bond acceptors (Lipinski definition) is 6. The van der Waals surface area contributed by atoms with E-state index in [-0.39, 0.29) is 6.04 Å². The molecule has 0 unspecified atom stereocenters. The van der Waals surface area contributed by atoms with Gasteiger partial charge in [0.15, 0.2) is 5.82 Å². The van der Waals surface area contributed by atoms with Crippen LogP contribution in [-0.2, 0) is 11.2 Å². The zero-order chi connectivity index (χ0) is 11.1. The first-order chi connectivity index (χ1) is 7.27. The van der Waals surface area contributed by atoms with Crippen LogP contribution >= 0.6 is 11.8 Å². The van der Waals surface area contributed by atoms with Crippen molar-refractivity contribution in [2.75, 3.05) is 25.7 Å². The van der Waals surface area contributed by atoms with Gasteiger partial charge in [-0.25, -0.2) is 0 Å². The molecule has 1 atom stereocenters. The van der Waals surface area contributed by atoms with E-state index in [4.69, 9.17) is 15.0 Å². The summed E-state index contributed by atoms with van der Waals surface area (Å²) in [5, 5.41) is 3.83. The molecule has 1 aromatic heterocycles. The van der Waals surface area contributed by atoms with E-state index in [9.17, 15) is 0 Å². The number of nitrogens with zero attached hydrogens (tertiary/aromatic N) is 2. The van der Waals surface area contributed by atoms with E-state index in [0.29, 0.717) is 24.7 Å². The highest BCUT2D eigenvalue weighted by Gasteiger charge is 2.13. The summed E-state index contributed by atoms with van der Waals surface area (Å²) in [5.41, 5.74) is 5.88. The number of nitrogens with two attached hydrogens (primary N) is 1. The fourth-order valence-electron chi connectivity index (χ4n) is 1.08. The van der Waals surface area contributed by atoms with Crippen LogP contribution in [0.4, 0.5) is 0 Å². The summed E-state index contributed by atoms with van der Waals surface area (Å²) >= 11 is 1.76. The monoisotopic (exact) mass is 231 g/mol. The van der Waals surface area contributed by atoms with E-state index in [2.05, 4.69) is 10.1 Å². The third-order valence-corrected chi connectivity index (χ3v) is 2.61. The van der Waals surface area contributed by atoms with E-state index in [1.807, 2.05) is 6.26 Å². The van der Waals surface area contributed by atoms with Crippen molar-refractivity contribution < 1.29 is 9.26 Å². The van der Waals surface area contributed by atoms with Gasteiger partial charge in [-0.1, -0.05) is 5.16 Å². The third kappa shape index (κ3) is 4.19. The second-order valence-electron chi connectivity index (χ2n) is 3.18. The number of methoxy groups -OCH3 is 1. The molecule has 5 nitrogen and oxygen atoms in total. The van der Waals surface area contributed by atoms with Crippen molar-refractivity contribution in [2.45, 2.75) is 18.9 Å². The van der Waals surface area contributed by atoms with Gasteiger partial charge >= 0.3 is 0 Å². The van der Waals surface area contributed by atoms with Gasteiger partial charge < -0.3 is 15.0 Å². The van der Waals surface area contributed by atoms with Crippen molar-refractivity contribution in [3.63, 3.8) is 0 Å². The first-order valence-electron chi connectivity index (χ1n) is 4.84. The quantitative estimate of drug-likeness (QED) is 0.755. The first kappa shape index (κ1) is 12.5. The zero-order valence-electron chi connectivity index (χ0n) is 9.10. The van der Waals surface area contributed by atoms with Gasteiger partial charge in [-0.15, -0.1) is 0 Å². The summed E-state index contributed by atoms with van der Waals surface area (Å²) < 4.78 is 9.99. The SMILES string of the molecule is COCCc1noc([C@H](N)CCSC)n1. The molecule has 0 aliphatic carbocycles. The Bertz CT molecular complexity index is 280. The number of hydrogen-bond donors (Lipinski definition) is 1. The summed E-state index contributed by atoms with van der Waals surface area (Å²) in [6.07, 6.45) is 3.56. The first-order valence-corrected chi connectivity index (χ1v) is 6.23. The maximum atomic E-state index is 5.88. The fourth-order valence-corrected chi connectivity index (χ4v) is 1.57. The molecule has 86 valence electrons. The number of thioether (sulfide) groups is 1. The number of aromatic nitrogens is 2. The lowest BCUT2D eigenvalue weighted by atomic mass is 10.2. The van der Waals surface area contributed by atoms with Gasteiger partial charge in [0, 0.05) is 13.5 Å². The van der Waals surface area contributed by atoms with Gasteiger partial charge in [-0.05, 0) is 18.4 Å². The molecule has 1 aromatic rings. The Morgan fingerprint density at radius 2 is 2.40 bits per heavy atom. The molecule has 0 saturated carbocycles. The summed E-state index contributed by atoms with van der Waals surface area (Å²) in [7, 11) is 1.64. The summed E-state index contributed by atoms with van der Waals surface area (Å²) in [6.45, 7) is 0.596. The van der Waals surface area contributed by atoms with E-state index in [1.54, 1.807) is 18.9 Å².